The molecule has 168 valence electrons. The first-order valence-corrected chi connectivity index (χ1v) is 12.1. The van der Waals surface area contributed by atoms with E-state index in [0.717, 1.165) is 64.3 Å². The number of carbonyl (C=O) groups excluding carboxylic acids is 1. The molecule has 0 aliphatic carbocycles. The average Bonchev–Trinajstić information content (AvgIpc) is 2.71. The summed E-state index contributed by atoms with van der Waals surface area (Å²) in [5, 5.41) is 0. The van der Waals surface area contributed by atoms with E-state index in [2.05, 4.69) is 47.9 Å². The van der Waals surface area contributed by atoms with E-state index in [1.54, 1.807) is 0 Å². The molecule has 4 heteroatoms. The Morgan fingerprint density at radius 2 is 1.77 bits per heavy atom. The van der Waals surface area contributed by atoms with Crippen LogP contribution < -0.4 is 4.74 Å². The smallest absolute Gasteiger partial charge is 0.225 e. The number of rotatable bonds is 3. The number of nitrogens with zero attached hydrogens (tertiary/aromatic N) is 2. The Kier molecular flexibility index (Phi) is 8.21. The quantitative estimate of drug-likeness (QED) is 0.697. The van der Waals surface area contributed by atoms with Crippen molar-refractivity contribution in [1.29, 1.82) is 0 Å². The van der Waals surface area contributed by atoms with E-state index in [9.17, 15) is 4.79 Å². The van der Waals surface area contributed by atoms with Gasteiger partial charge in [0.1, 0.15) is 12.4 Å². The molecule has 3 rings (SSSR count). The largest absolute Gasteiger partial charge is 0.492 e. The van der Waals surface area contributed by atoms with Crippen molar-refractivity contribution < 1.29 is 9.53 Å². The molecule has 1 fully saturated rings. The minimum absolute atomic E-state index is 0.102. The number of likely N-dealkylation sites (tertiary alicyclic amines) is 1. The van der Waals surface area contributed by atoms with Gasteiger partial charge in [0.05, 0.1) is 0 Å². The summed E-state index contributed by atoms with van der Waals surface area (Å²) in [7, 11) is 0. The van der Waals surface area contributed by atoms with Crippen LogP contribution in [0.25, 0.3) is 0 Å². The first kappa shape index (κ1) is 23.1. The third-order valence-corrected chi connectivity index (χ3v) is 6.85. The molecular formula is C26H42N2O2. The molecule has 2 aliphatic rings. The molecule has 0 aromatic heterocycles. The number of para-hydroxylation sites is 1. The van der Waals surface area contributed by atoms with Crippen molar-refractivity contribution in [3.63, 3.8) is 0 Å². The minimum Gasteiger partial charge on any atom is -0.492 e. The van der Waals surface area contributed by atoms with E-state index < -0.39 is 0 Å². The Balaban J connectivity index is 1.73. The van der Waals surface area contributed by atoms with E-state index >= 15 is 0 Å². The van der Waals surface area contributed by atoms with Crippen LogP contribution in [0.3, 0.4) is 0 Å². The summed E-state index contributed by atoms with van der Waals surface area (Å²) in [6.07, 6.45) is 7.10. The van der Waals surface area contributed by atoms with Crippen molar-refractivity contribution in [1.82, 2.24) is 9.80 Å². The SMILES string of the molecule is CC(C)CN1CCOc2ccccc2CCCCC2(CCN(C(=O)C(C)C)CC2)C1. The van der Waals surface area contributed by atoms with Crippen LogP contribution >= 0.6 is 0 Å². The Hall–Kier alpha value is -1.55. The van der Waals surface area contributed by atoms with E-state index in [1.165, 1.54) is 24.8 Å². The van der Waals surface area contributed by atoms with Crippen molar-refractivity contribution in [3.05, 3.63) is 29.8 Å². The molecule has 1 amide bonds. The Morgan fingerprint density at radius 3 is 2.47 bits per heavy atom. The summed E-state index contributed by atoms with van der Waals surface area (Å²) in [5.74, 6) is 2.13. The molecule has 0 unspecified atom stereocenters. The van der Waals surface area contributed by atoms with E-state index in [0.29, 0.717) is 17.2 Å². The van der Waals surface area contributed by atoms with Crippen molar-refractivity contribution >= 4 is 5.91 Å². The van der Waals surface area contributed by atoms with Crippen LogP contribution in [0, 0.1) is 17.3 Å². The van der Waals surface area contributed by atoms with Gasteiger partial charge in [-0.3, -0.25) is 9.69 Å². The van der Waals surface area contributed by atoms with Gasteiger partial charge in [0.15, 0.2) is 0 Å². The zero-order valence-electron chi connectivity index (χ0n) is 19.7. The third kappa shape index (κ3) is 6.23. The van der Waals surface area contributed by atoms with Crippen molar-refractivity contribution in [3.8, 4) is 5.75 Å². The molecule has 0 saturated carbocycles. The standard InChI is InChI=1S/C26H42N2O2/c1-21(2)19-27-17-18-30-24-11-6-5-9-23(24)10-7-8-12-26(20-27)13-15-28(16-14-26)25(29)22(3)4/h5-6,9,11,21-22H,7-8,10,12-20H2,1-4H3. The molecule has 2 aliphatic heterocycles. The van der Waals surface area contributed by atoms with Crippen LogP contribution in [0.15, 0.2) is 24.3 Å². The zero-order chi connectivity index (χ0) is 21.6. The Labute approximate surface area is 184 Å². The second kappa shape index (κ2) is 10.7. The topological polar surface area (TPSA) is 32.8 Å². The molecule has 1 aromatic rings. The number of benzene rings is 1. The molecule has 0 bridgehead atoms. The maximum Gasteiger partial charge on any atom is 0.225 e. The summed E-state index contributed by atoms with van der Waals surface area (Å²) in [6, 6.07) is 8.55. The predicted octanol–water partition coefficient (Wildman–Crippen LogP) is 5.01. The molecule has 0 N–H and O–H groups in total. The summed E-state index contributed by atoms with van der Waals surface area (Å²) in [5.41, 5.74) is 1.68. The number of aryl methyl sites for hydroxylation is 1. The lowest BCUT2D eigenvalue weighted by Crippen LogP contribution is -2.50. The Bertz CT molecular complexity index is 677. The first-order chi connectivity index (χ1) is 14.4. The fraction of sp³-hybridized carbons (Fsp3) is 0.731. The van der Waals surface area contributed by atoms with Crippen molar-refractivity contribution in [2.24, 2.45) is 17.3 Å². The Morgan fingerprint density at radius 1 is 1.03 bits per heavy atom. The summed E-state index contributed by atoms with van der Waals surface area (Å²) in [4.78, 5) is 17.2. The number of carbonyl (C=O) groups is 1. The molecule has 1 aromatic carbocycles. The maximum absolute atomic E-state index is 12.5. The number of hydrogen-bond donors (Lipinski definition) is 0. The molecule has 30 heavy (non-hydrogen) atoms. The van der Waals surface area contributed by atoms with E-state index in [1.807, 2.05) is 13.8 Å². The van der Waals surface area contributed by atoms with Gasteiger partial charge < -0.3 is 9.64 Å². The lowest BCUT2D eigenvalue weighted by Gasteiger charge is -2.45. The van der Waals surface area contributed by atoms with Gasteiger partial charge in [-0.1, -0.05) is 52.3 Å². The van der Waals surface area contributed by atoms with Crippen LogP contribution in [0.4, 0.5) is 0 Å². The number of hydrogen-bond acceptors (Lipinski definition) is 3. The van der Waals surface area contributed by atoms with Gasteiger partial charge in [0, 0.05) is 38.6 Å². The van der Waals surface area contributed by atoms with Gasteiger partial charge >= 0.3 is 0 Å². The molecule has 1 saturated heterocycles. The summed E-state index contributed by atoms with van der Waals surface area (Å²) >= 11 is 0. The highest BCUT2D eigenvalue weighted by molar-refractivity contribution is 5.78. The van der Waals surface area contributed by atoms with Crippen LogP contribution in [0.2, 0.25) is 0 Å². The second-order valence-corrected chi connectivity index (χ2v) is 10.3. The molecule has 1 spiro atoms. The fourth-order valence-electron chi connectivity index (χ4n) is 5.23. The summed E-state index contributed by atoms with van der Waals surface area (Å²) < 4.78 is 6.23. The number of ether oxygens (including phenoxy) is 1. The van der Waals surface area contributed by atoms with Crippen LogP contribution in [0.1, 0.15) is 65.4 Å². The van der Waals surface area contributed by atoms with Crippen molar-refractivity contribution in [2.45, 2.75) is 66.2 Å². The van der Waals surface area contributed by atoms with E-state index in [4.69, 9.17) is 4.74 Å². The van der Waals surface area contributed by atoms with Gasteiger partial charge in [-0.2, -0.15) is 0 Å². The third-order valence-electron chi connectivity index (χ3n) is 6.85. The fourth-order valence-corrected chi connectivity index (χ4v) is 5.23. The van der Waals surface area contributed by atoms with E-state index in [-0.39, 0.29) is 5.92 Å². The first-order valence-electron chi connectivity index (χ1n) is 12.1. The zero-order valence-corrected chi connectivity index (χ0v) is 19.7. The lowest BCUT2D eigenvalue weighted by atomic mass is 9.73. The average molecular weight is 415 g/mol. The predicted molar refractivity (Wildman–Crippen MR) is 124 cm³/mol. The molecule has 0 atom stereocenters. The highest BCUT2D eigenvalue weighted by Crippen LogP contribution is 2.38. The van der Waals surface area contributed by atoms with Gasteiger partial charge in [0.25, 0.3) is 0 Å². The van der Waals surface area contributed by atoms with Gasteiger partial charge in [0.2, 0.25) is 5.91 Å². The van der Waals surface area contributed by atoms with Gasteiger partial charge in [-0.15, -0.1) is 0 Å². The highest BCUT2D eigenvalue weighted by atomic mass is 16.5. The van der Waals surface area contributed by atoms with Crippen LogP contribution in [0.5, 0.6) is 5.75 Å². The van der Waals surface area contributed by atoms with Gasteiger partial charge in [-0.05, 0) is 55.1 Å². The summed E-state index contributed by atoms with van der Waals surface area (Å²) in [6.45, 7) is 14.5. The monoisotopic (exact) mass is 414 g/mol. The number of amides is 1. The number of fused-ring (bicyclic) bond motifs is 1. The van der Waals surface area contributed by atoms with Crippen LogP contribution in [-0.4, -0.2) is 55.0 Å². The molecule has 0 radical (unpaired) electrons. The molecule has 2 heterocycles. The van der Waals surface area contributed by atoms with Crippen LogP contribution in [-0.2, 0) is 11.2 Å². The normalized spacial score (nSPS) is 21.1. The van der Waals surface area contributed by atoms with Crippen molar-refractivity contribution in [2.75, 3.05) is 39.3 Å². The second-order valence-electron chi connectivity index (χ2n) is 10.3. The maximum atomic E-state index is 12.5. The lowest BCUT2D eigenvalue weighted by molar-refractivity contribution is -0.137. The molecule has 4 nitrogen and oxygen atoms in total. The minimum atomic E-state index is 0.102. The van der Waals surface area contributed by atoms with Gasteiger partial charge in [-0.25, -0.2) is 0 Å². The highest BCUT2D eigenvalue weighted by Gasteiger charge is 2.37. The molecular weight excluding hydrogens is 372 g/mol. The number of piperidine rings is 1.